The van der Waals surface area contributed by atoms with Gasteiger partial charge in [0.2, 0.25) is 0 Å². The van der Waals surface area contributed by atoms with Gasteiger partial charge < -0.3 is 34.8 Å². The zero-order valence-electron chi connectivity index (χ0n) is 21.4. The number of hydrogen-bond acceptors (Lipinski definition) is 10. The standard InChI is InChI=1S/C27H31N5O6/c1-15-6-4-5-7-19(15)20(16-8-17(36-2)10-18(9-16)37-3)11-28-25-22-26(30-13-29-25)32(14-31-22)27-24(35)23(34)21(12-33)38-27/h4-10,13-14,20-21,23-24,27,33-35H,11-12H2,1-3H3,(H,28,29,30)/t20?,21-,23?,24?,27-/m1/s1. The highest BCUT2D eigenvalue weighted by Crippen LogP contribution is 2.35. The molecule has 200 valence electrons. The second kappa shape index (κ2) is 10.9. The molecule has 3 unspecified atom stereocenters. The SMILES string of the molecule is COc1cc(OC)cc(C(CNc2ncnc3c2ncn3[C@@H]2O[C@H](CO)C(O)C2O)c2ccccc2C)c1. The van der Waals surface area contributed by atoms with E-state index in [4.69, 9.17) is 14.2 Å². The van der Waals surface area contributed by atoms with Crippen molar-refractivity contribution in [1.29, 1.82) is 0 Å². The molecule has 1 aliphatic rings. The third kappa shape index (κ3) is 4.76. The van der Waals surface area contributed by atoms with Crippen LogP contribution in [-0.2, 0) is 4.74 Å². The Morgan fingerprint density at radius 1 is 1.03 bits per heavy atom. The summed E-state index contributed by atoms with van der Waals surface area (Å²) in [5.41, 5.74) is 4.19. The molecule has 0 amide bonds. The minimum Gasteiger partial charge on any atom is -0.497 e. The molecular weight excluding hydrogens is 490 g/mol. The number of ether oxygens (including phenoxy) is 3. The first-order valence-electron chi connectivity index (χ1n) is 12.3. The Morgan fingerprint density at radius 3 is 2.42 bits per heavy atom. The molecule has 4 aromatic rings. The number of aryl methyl sites for hydroxylation is 1. The summed E-state index contributed by atoms with van der Waals surface area (Å²) >= 11 is 0. The van der Waals surface area contributed by atoms with Crippen LogP contribution in [0.25, 0.3) is 11.2 Å². The van der Waals surface area contributed by atoms with Crippen molar-refractivity contribution in [3.05, 3.63) is 71.8 Å². The van der Waals surface area contributed by atoms with E-state index in [9.17, 15) is 15.3 Å². The quantitative estimate of drug-likeness (QED) is 0.258. The maximum Gasteiger partial charge on any atom is 0.167 e. The zero-order chi connectivity index (χ0) is 26.8. The van der Waals surface area contributed by atoms with E-state index in [0.717, 1.165) is 16.7 Å². The van der Waals surface area contributed by atoms with Crippen LogP contribution in [0.4, 0.5) is 5.82 Å². The molecule has 11 heteroatoms. The number of fused-ring (bicyclic) bond motifs is 1. The summed E-state index contributed by atoms with van der Waals surface area (Å²) in [5.74, 6) is 1.82. The minimum atomic E-state index is -1.25. The summed E-state index contributed by atoms with van der Waals surface area (Å²) in [7, 11) is 3.25. The van der Waals surface area contributed by atoms with E-state index >= 15 is 0 Å². The van der Waals surface area contributed by atoms with E-state index in [0.29, 0.717) is 35.0 Å². The molecule has 11 nitrogen and oxygen atoms in total. The van der Waals surface area contributed by atoms with Gasteiger partial charge in [0, 0.05) is 18.5 Å². The molecule has 2 aromatic carbocycles. The van der Waals surface area contributed by atoms with Gasteiger partial charge in [-0.1, -0.05) is 24.3 Å². The average Bonchev–Trinajstić information content (AvgIpc) is 3.50. The molecular formula is C27H31N5O6. The summed E-state index contributed by atoms with van der Waals surface area (Å²) in [6.45, 7) is 2.14. The molecule has 0 saturated carbocycles. The summed E-state index contributed by atoms with van der Waals surface area (Å²) in [6.07, 6.45) is -1.43. The van der Waals surface area contributed by atoms with Crippen LogP contribution in [0.2, 0.25) is 0 Å². The van der Waals surface area contributed by atoms with Gasteiger partial charge in [-0.3, -0.25) is 4.57 Å². The molecule has 2 aromatic heterocycles. The van der Waals surface area contributed by atoms with Crippen LogP contribution in [0.3, 0.4) is 0 Å². The largest absolute Gasteiger partial charge is 0.497 e. The van der Waals surface area contributed by atoms with Gasteiger partial charge >= 0.3 is 0 Å². The van der Waals surface area contributed by atoms with Gasteiger partial charge in [-0.2, -0.15) is 0 Å². The Bertz CT molecular complexity index is 1390. The lowest BCUT2D eigenvalue weighted by Crippen LogP contribution is -2.33. The molecule has 1 aliphatic heterocycles. The normalized spacial score (nSPS) is 21.9. The minimum absolute atomic E-state index is 0.0762. The number of benzene rings is 2. The molecule has 4 N–H and O–H groups in total. The van der Waals surface area contributed by atoms with Crippen molar-refractivity contribution >= 4 is 17.0 Å². The highest BCUT2D eigenvalue weighted by Gasteiger charge is 2.44. The molecule has 0 radical (unpaired) electrons. The van der Waals surface area contributed by atoms with Crippen LogP contribution in [0.5, 0.6) is 11.5 Å². The van der Waals surface area contributed by atoms with Gasteiger partial charge in [-0.15, -0.1) is 0 Å². The van der Waals surface area contributed by atoms with Crippen LogP contribution < -0.4 is 14.8 Å². The van der Waals surface area contributed by atoms with Crippen LogP contribution in [0.1, 0.15) is 28.8 Å². The van der Waals surface area contributed by atoms with Gasteiger partial charge in [-0.05, 0) is 35.7 Å². The maximum atomic E-state index is 10.5. The summed E-state index contributed by atoms with van der Waals surface area (Å²) in [6, 6.07) is 14.0. The fraction of sp³-hybridized carbons (Fsp3) is 0.370. The van der Waals surface area contributed by atoms with E-state index in [1.807, 2.05) is 30.3 Å². The zero-order valence-corrected chi connectivity index (χ0v) is 21.4. The summed E-state index contributed by atoms with van der Waals surface area (Å²) in [4.78, 5) is 13.2. The monoisotopic (exact) mass is 521 g/mol. The van der Waals surface area contributed by atoms with Crippen molar-refractivity contribution in [2.24, 2.45) is 0 Å². The first-order valence-corrected chi connectivity index (χ1v) is 12.3. The Labute approximate surface area is 219 Å². The van der Waals surface area contributed by atoms with Gasteiger partial charge in [0.05, 0.1) is 27.2 Å². The van der Waals surface area contributed by atoms with Crippen molar-refractivity contribution < 1.29 is 29.5 Å². The van der Waals surface area contributed by atoms with Crippen molar-refractivity contribution in [1.82, 2.24) is 19.5 Å². The number of imidazole rings is 1. The topological polar surface area (TPSA) is 144 Å². The lowest BCUT2D eigenvalue weighted by Gasteiger charge is -2.22. The van der Waals surface area contributed by atoms with E-state index in [2.05, 4.69) is 39.3 Å². The molecule has 1 saturated heterocycles. The fourth-order valence-electron chi connectivity index (χ4n) is 4.89. The molecule has 1 fully saturated rings. The van der Waals surface area contributed by atoms with Gasteiger partial charge in [0.25, 0.3) is 0 Å². The molecule has 38 heavy (non-hydrogen) atoms. The van der Waals surface area contributed by atoms with Crippen LogP contribution in [0, 0.1) is 6.92 Å². The number of rotatable bonds is 9. The van der Waals surface area contributed by atoms with Gasteiger partial charge in [-0.25, -0.2) is 15.0 Å². The lowest BCUT2D eigenvalue weighted by molar-refractivity contribution is -0.0511. The summed E-state index contributed by atoms with van der Waals surface area (Å²) in [5, 5.41) is 33.5. The first kappa shape index (κ1) is 25.9. The highest BCUT2D eigenvalue weighted by atomic mass is 16.6. The van der Waals surface area contributed by atoms with Gasteiger partial charge in [0.15, 0.2) is 23.2 Å². The Morgan fingerprint density at radius 2 is 1.76 bits per heavy atom. The molecule has 5 rings (SSSR count). The van der Waals surface area contributed by atoms with Crippen LogP contribution in [0.15, 0.2) is 55.1 Å². The molecule has 0 bridgehead atoms. The predicted octanol–water partition coefficient (Wildman–Crippen LogP) is 2.01. The van der Waals surface area contributed by atoms with Gasteiger partial charge in [0.1, 0.15) is 36.1 Å². The molecule has 5 atom stereocenters. The number of nitrogens with one attached hydrogen (secondary N) is 1. The number of aromatic nitrogens is 4. The molecule has 0 spiro atoms. The Balaban J connectivity index is 1.48. The fourth-order valence-corrected chi connectivity index (χ4v) is 4.89. The lowest BCUT2D eigenvalue weighted by atomic mass is 9.88. The third-order valence-electron chi connectivity index (χ3n) is 6.96. The van der Waals surface area contributed by atoms with Crippen molar-refractivity contribution in [2.75, 3.05) is 32.7 Å². The number of methoxy groups -OCH3 is 2. The van der Waals surface area contributed by atoms with E-state index in [1.54, 1.807) is 14.2 Å². The Hall–Kier alpha value is -3.77. The second-order valence-corrected chi connectivity index (χ2v) is 9.21. The maximum absolute atomic E-state index is 10.5. The van der Waals surface area contributed by atoms with Crippen LogP contribution >= 0.6 is 0 Å². The first-order chi connectivity index (χ1) is 18.4. The second-order valence-electron chi connectivity index (χ2n) is 9.21. The smallest absolute Gasteiger partial charge is 0.167 e. The van der Waals surface area contributed by atoms with Crippen molar-refractivity contribution in [3.63, 3.8) is 0 Å². The van der Waals surface area contributed by atoms with Crippen molar-refractivity contribution in [2.45, 2.75) is 37.4 Å². The number of aliphatic hydroxyl groups excluding tert-OH is 3. The van der Waals surface area contributed by atoms with E-state index in [-0.39, 0.29) is 5.92 Å². The molecule has 3 heterocycles. The average molecular weight is 522 g/mol. The summed E-state index contributed by atoms with van der Waals surface area (Å²) < 4.78 is 18.2. The van der Waals surface area contributed by atoms with E-state index in [1.165, 1.54) is 17.2 Å². The number of hydrogen-bond donors (Lipinski definition) is 4. The van der Waals surface area contributed by atoms with Crippen molar-refractivity contribution in [3.8, 4) is 11.5 Å². The van der Waals surface area contributed by atoms with Crippen LogP contribution in [-0.4, -0.2) is 80.5 Å². The number of nitrogens with zero attached hydrogens (tertiary/aromatic N) is 4. The highest BCUT2D eigenvalue weighted by molar-refractivity contribution is 5.82. The predicted molar refractivity (Wildman–Crippen MR) is 139 cm³/mol. The third-order valence-corrected chi connectivity index (χ3v) is 6.96. The Kier molecular flexibility index (Phi) is 7.43. The molecule has 0 aliphatic carbocycles. The van der Waals surface area contributed by atoms with E-state index < -0.39 is 31.1 Å². The number of aliphatic hydroxyl groups is 3. The number of anilines is 1.